The van der Waals surface area contributed by atoms with Gasteiger partial charge in [0.05, 0.1) is 26.6 Å². The van der Waals surface area contributed by atoms with Crippen molar-refractivity contribution in [3.05, 3.63) is 81.6 Å². The molecule has 24 nitrogen and oxygen atoms in total. The van der Waals surface area contributed by atoms with Gasteiger partial charge in [0, 0.05) is 63.6 Å². The van der Waals surface area contributed by atoms with Gasteiger partial charge in [-0.2, -0.15) is 9.97 Å². The number of carbonyl (C=O) groups is 5. The van der Waals surface area contributed by atoms with Crippen molar-refractivity contribution in [3.8, 4) is 23.3 Å². The Balaban J connectivity index is 0.000000154. The van der Waals surface area contributed by atoms with E-state index >= 15 is 0 Å². The smallest absolute Gasteiger partial charge is 0.270 e. The molecule has 358 valence electrons. The maximum absolute atomic E-state index is 12.6. The molecule has 6 aromatic heterocycles. The van der Waals surface area contributed by atoms with Crippen LogP contribution in [0.2, 0.25) is 0 Å². The molecule has 0 spiro atoms. The van der Waals surface area contributed by atoms with Crippen molar-refractivity contribution in [1.29, 1.82) is 0 Å². The lowest BCUT2D eigenvalue weighted by Gasteiger charge is -2.21. The maximum atomic E-state index is 12.6. The number of methoxy groups -OCH3 is 2. The normalized spacial score (nSPS) is 17.0. The highest BCUT2D eigenvalue weighted by molar-refractivity contribution is 5.98. The molecule has 0 saturated carbocycles. The molecule has 4 N–H and O–H groups in total. The zero-order chi connectivity index (χ0) is 48.6. The summed E-state index contributed by atoms with van der Waals surface area (Å²) in [6, 6.07) is 13.5. The quantitative estimate of drug-likeness (QED) is 0.116. The molecule has 69 heavy (non-hydrogen) atoms. The lowest BCUT2D eigenvalue weighted by Crippen LogP contribution is -2.30. The molecule has 10 rings (SSSR count). The molecule has 4 aliphatic rings. The fourth-order valence-electron chi connectivity index (χ4n) is 7.95. The van der Waals surface area contributed by atoms with Gasteiger partial charge in [-0.3, -0.25) is 47.7 Å². The van der Waals surface area contributed by atoms with Gasteiger partial charge < -0.3 is 40.1 Å². The number of unbranched alkanes of at least 4 members (excludes halogenated alkanes) is 1. The number of nitrogens with two attached hydrogens (primary N) is 1. The minimum absolute atomic E-state index is 0.00754. The molecule has 0 aromatic carbocycles. The third-order valence-electron chi connectivity index (χ3n) is 11.3. The highest BCUT2D eigenvalue weighted by Gasteiger charge is 2.33. The number of pyridine rings is 4. The van der Waals surface area contributed by atoms with Crippen LogP contribution in [0.1, 0.15) is 38.5 Å². The Morgan fingerprint density at radius 2 is 1.19 bits per heavy atom. The summed E-state index contributed by atoms with van der Waals surface area (Å²) < 4.78 is 23.7. The number of fused-ring (bicyclic) bond motifs is 4. The highest BCUT2D eigenvalue weighted by Crippen LogP contribution is 2.33. The summed E-state index contributed by atoms with van der Waals surface area (Å²) in [5.74, 6) is 3.14. The van der Waals surface area contributed by atoms with Crippen molar-refractivity contribution >= 4 is 75.5 Å². The summed E-state index contributed by atoms with van der Waals surface area (Å²) in [5.41, 5.74) is 7.41. The van der Waals surface area contributed by atoms with E-state index in [4.69, 9.17) is 24.7 Å². The number of amides is 4. The van der Waals surface area contributed by atoms with Crippen molar-refractivity contribution in [2.75, 3.05) is 61.0 Å². The fraction of sp³-hybridized carbons (Fsp3) is 0.356. The van der Waals surface area contributed by atoms with Gasteiger partial charge in [-0.25, -0.2) is 19.9 Å². The van der Waals surface area contributed by atoms with E-state index in [-0.39, 0.29) is 66.3 Å². The molecule has 6 aromatic rings. The molecule has 2 atom stereocenters. The summed E-state index contributed by atoms with van der Waals surface area (Å²) in [7, 11) is 3.03. The molecular weight excluding hydrogens is 899 g/mol. The van der Waals surface area contributed by atoms with Gasteiger partial charge in [-0.15, -0.1) is 0 Å². The van der Waals surface area contributed by atoms with E-state index < -0.39 is 0 Å². The van der Waals surface area contributed by atoms with Crippen molar-refractivity contribution in [1.82, 2.24) is 39.0 Å². The molecule has 24 heteroatoms. The minimum atomic E-state index is -0.278. The number of anilines is 4. The second kappa shape index (κ2) is 21.0. The predicted octanol–water partition coefficient (Wildman–Crippen LogP) is 1.62. The Morgan fingerprint density at radius 1 is 0.667 bits per heavy atom. The molecule has 2 saturated heterocycles. The lowest BCUT2D eigenvalue weighted by molar-refractivity contribution is -0.119. The van der Waals surface area contributed by atoms with Crippen LogP contribution in [0, 0.1) is 5.92 Å². The van der Waals surface area contributed by atoms with Gasteiger partial charge in [0.15, 0.2) is 47.6 Å². The van der Waals surface area contributed by atoms with Crippen LogP contribution in [0.5, 0.6) is 23.3 Å². The topological polar surface area (TPSA) is 300 Å². The zero-order valence-corrected chi connectivity index (χ0v) is 37.5. The first kappa shape index (κ1) is 47.1. The molecule has 0 bridgehead atoms. The number of nitrogens with zero attached hydrogens (tertiary/aromatic N) is 10. The molecule has 0 unspecified atom stereocenters. The SMILES string of the molecule is COc1ccc2ncc(=O)n(CCC=O)c2n1.COc1ccc2ncc(=O)n(CCCC[C@H]3CC(=O)N(c4ccc5c(n4)NC(=O)CO5)C3)c2n1.N[C@H]1CC(=O)N(c2ccc3c(n2)NC(=O)CO3)C1. The summed E-state index contributed by atoms with van der Waals surface area (Å²) in [5, 5.41) is 5.28. The van der Waals surface area contributed by atoms with Gasteiger partial charge in [-0.05, 0) is 55.2 Å². The molecule has 0 radical (unpaired) electrons. The standard InChI is InChI=1S/C23H24N6O5.C11H12N4O3.C11H11N3O3/c1-33-19-8-5-15-23(27-19)28(21(32)11-24-15)9-3-2-4-14-10-20(31)29(12-14)17-7-6-16-22(25-17)26-18(30)13-34-16;12-6-3-10(17)15(4-6)8-2-1-7-11(13-8)14-9(16)5-18-7;1-17-9-4-3-8-11(13-9)14(5-2-6-15)10(16)7-12-8/h5-8,11,14H,2-4,9-10,12-13H2,1H3,(H,25,26,30);1-2,6H,3-5,12H2,(H,13,14,16);3-4,6-7H,2,5H2,1H3/t14-;6-;/m00./s1. The van der Waals surface area contributed by atoms with E-state index in [1.165, 1.54) is 36.1 Å². The minimum Gasteiger partial charge on any atom is -0.481 e. The molecular formula is C45H47N13O11. The number of hydrogen-bond acceptors (Lipinski definition) is 18. The van der Waals surface area contributed by atoms with Gasteiger partial charge in [0.2, 0.25) is 23.6 Å². The Bertz CT molecular complexity index is 3070. The summed E-state index contributed by atoms with van der Waals surface area (Å²) in [6.07, 6.45) is 6.79. The van der Waals surface area contributed by atoms with E-state index in [9.17, 15) is 33.6 Å². The van der Waals surface area contributed by atoms with Gasteiger partial charge in [0.25, 0.3) is 22.9 Å². The first-order chi connectivity index (χ1) is 33.4. The number of nitrogens with one attached hydrogen (secondary N) is 2. The maximum Gasteiger partial charge on any atom is 0.270 e. The first-order valence-electron chi connectivity index (χ1n) is 21.9. The van der Waals surface area contributed by atoms with Gasteiger partial charge >= 0.3 is 0 Å². The molecule has 10 heterocycles. The monoisotopic (exact) mass is 945 g/mol. The Morgan fingerprint density at radius 3 is 1.70 bits per heavy atom. The van der Waals surface area contributed by atoms with E-state index in [1.54, 1.807) is 58.0 Å². The van der Waals surface area contributed by atoms with Crippen LogP contribution in [0.3, 0.4) is 0 Å². The average molecular weight is 946 g/mol. The third kappa shape index (κ3) is 10.9. The van der Waals surface area contributed by atoms with E-state index in [0.717, 1.165) is 25.5 Å². The third-order valence-corrected chi connectivity index (χ3v) is 11.3. The number of aldehydes is 1. The average Bonchev–Trinajstić information content (AvgIpc) is 3.91. The summed E-state index contributed by atoms with van der Waals surface area (Å²) in [6.45, 7) is 1.76. The van der Waals surface area contributed by atoms with Crippen molar-refractivity contribution in [3.63, 3.8) is 0 Å². The number of ether oxygens (including phenoxy) is 4. The number of aryl methyl sites for hydroxylation is 2. The van der Waals surface area contributed by atoms with Gasteiger partial charge in [0.1, 0.15) is 29.0 Å². The summed E-state index contributed by atoms with van der Waals surface area (Å²) in [4.78, 5) is 110. The van der Waals surface area contributed by atoms with Crippen molar-refractivity contribution < 1.29 is 42.9 Å². The highest BCUT2D eigenvalue weighted by atomic mass is 16.5. The molecule has 0 aliphatic carbocycles. The van der Waals surface area contributed by atoms with Crippen LogP contribution in [0.15, 0.2) is 70.5 Å². The molecule has 2 fully saturated rings. The van der Waals surface area contributed by atoms with Crippen molar-refractivity contribution in [2.45, 2.75) is 57.7 Å². The second-order valence-corrected chi connectivity index (χ2v) is 16.1. The summed E-state index contributed by atoms with van der Waals surface area (Å²) >= 11 is 0. The van der Waals surface area contributed by atoms with Crippen LogP contribution in [-0.2, 0) is 37.1 Å². The van der Waals surface area contributed by atoms with Crippen molar-refractivity contribution in [2.24, 2.45) is 11.7 Å². The van der Waals surface area contributed by atoms with Crippen LogP contribution in [-0.4, -0.2) is 116 Å². The first-order valence-corrected chi connectivity index (χ1v) is 21.9. The lowest BCUT2D eigenvalue weighted by atomic mass is 10.0. The van der Waals surface area contributed by atoms with Crippen LogP contribution < -0.4 is 56.2 Å². The van der Waals surface area contributed by atoms with Crippen LogP contribution in [0.25, 0.3) is 22.3 Å². The number of aromatic nitrogens is 8. The predicted molar refractivity (Wildman–Crippen MR) is 247 cm³/mol. The Kier molecular flexibility index (Phi) is 14.4. The van der Waals surface area contributed by atoms with Gasteiger partial charge in [-0.1, -0.05) is 6.42 Å². The number of hydrogen-bond donors (Lipinski definition) is 3. The van der Waals surface area contributed by atoms with Crippen LogP contribution >= 0.6 is 0 Å². The van der Waals surface area contributed by atoms with E-state index in [2.05, 4.69) is 40.5 Å². The molecule has 4 aliphatic heterocycles. The Hall–Kier alpha value is -8.41. The Labute approximate surface area is 391 Å². The van der Waals surface area contributed by atoms with Crippen LogP contribution in [0.4, 0.5) is 23.3 Å². The number of carbonyl (C=O) groups excluding carboxylic acids is 5. The molecule has 4 amide bonds. The van der Waals surface area contributed by atoms with E-state index in [1.807, 2.05) is 0 Å². The fourth-order valence-corrected chi connectivity index (χ4v) is 7.95. The van der Waals surface area contributed by atoms with E-state index in [0.29, 0.717) is 108 Å². The number of rotatable bonds is 12. The largest absolute Gasteiger partial charge is 0.481 e. The zero-order valence-electron chi connectivity index (χ0n) is 37.5. The second-order valence-electron chi connectivity index (χ2n) is 16.1.